The van der Waals surface area contributed by atoms with E-state index in [-0.39, 0.29) is 5.91 Å². The second kappa shape index (κ2) is 2.41. The first-order valence-corrected chi connectivity index (χ1v) is 4.98. The summed E-state index contributed by atoms with van der Waals surface area (Å²) >= 11 is 3.61. The second-order valence-corrected chi connectivity index (χ2v) is 5.16. The van der Waals surface area contributed by atoms with E-state index in [0.717, 1.165) is 13.6 Å². The number of carbonyl (C=O) groups is 1. The molecule has 11 heavy (non-hydrogen) atoms. The molecule has 0 radical (unpaired) electrons. The number of fused-ring (bicyclic) bond motifs is 1. The summed E-state index contributed by atoms with van der Waals surface area (Å²) in [5.41, 5.74) is 0.937. The SMILES string of the molecule is CN1Cc2nc(I)sc2C1=O. The van der Waals surface area contributed by atoms with Crippen LogP contribution in [-0.4, -0.2) is 22.8 Å². The fourth-order valence-corrected chi connectivity index (χ4v) is 2.81. The van der Waals surface area contributed by atoms with Gasteiger partial charge in [-0.2, -0.15) is 0 Å². The molecule has 0 atom stereocenters. The molecule has 0 saturated heterocycles. The van der Waals surface area contributed by atoms with E-state index in [2.05, 4.69) is 27.6 Å². The third-order valence-electron chi connectivity index (χ3n) is 1.60. The van der Waals surface area contributed by atoms with Gasteiger partial charge in [0.2, 0.25) is 0 Å². The molecule has 0 saturated carbocycles. The van der Waals surface area contributed by atoms with Gasteiger partial charge in [-0.3, -0.25) is 4.79 Å². The molecule has 58 valence electrons. The Kier molecular flexibility index (Phi) is 1.64. The Hall–Kier alpha value is -0.170. The fourth-order valence-electron chi connectivity index (χ4n) is 1.07. The van der Waals surface area contributed by atoms with E-state index in [9.17, 15) is 4.79 Å². The molecule has 0 aliphatic carbocycles. The van der Waals surface area contributed by atoms with Gasteiger partial charge in [-0.1, -0.05) is 0 Å². The van der Waals surface area contributed by atoms with Gasteiger partial charge >= 0.3 is 0 Å². The maximum Gasteiger partial charge on any atom is 0.266 e. The summed E-state index contributed by atoms with van der Waals surface area (Å²) in [7, 11) is 1.80. The molecule has 2 rings (SSSR count). The number of hydrogen-bond donors (Lipinski definition) is 0. The van der Waals surface area contributed by atoms with Crippen LogP contribution in [0.2, 0.25) is 0 Å². The zero-order valence-corrected chi connectivity index (χ0v) is 8.77. The molecule has 0 unspecified atom stereocenters. The largest absolute Gasteiger partial charge is 0.335 e. The minimum atomic E-state index is 0.111. The number of aromatic nitrogens is 1. The predicted molar refractivity (Wildman–Crippen MR) is 50.6 cm³/mol. The highest BCUT2D eigenvalue weighted by atomic mass is 127. The average molecular weight is 280 g/mol. The van der Waals surface area contributed by atoms with Crippen LogP contribution in [0.5, 0.6) is 0 Å². The minimum Gasteiger partial charge on any atom is -0.335 e. The van der Waals surface area contributed by atoms with Crippen molar-refractivity contribution in [2.45, 2.75) is 6.54 Å². The molecule has 0 spiro atoms. The number of hydrogen-bond acceptors (Lipinski definition) is 3. The summed E-state index contributed by atoms with van der Waals surface area (Å²) in [5, 5.41) is 0. The van der Waals surface area contributed by atoms with Crippen molar-refractivity contribution in [3.8, 4) is 0 Å². The maximum atomic E-state index is 11.3. The molecule has 1 aliphatic rings. The van der Waals surface area contributed by atoms with Crippen molar-refractivity contribution >= 4 is 39.8 Å². The molecule has 3 nitrogen and oxygen atoms in total. The summed E-state index contributed by atoms with van der Waals surface area (Å²) < 4.78 is 0.953. The van der Waals surface area contributed by atoms with Gasteiger partial charge in [-0.05, 0) is 22.6 Å². The quantitative estimate of drug-likeness (QED) is 0.672. The van der Waals surface area contributed by atoms with Gasteiger partial charge in [-0.15, -0.1) is 11.3 Å². The summed E-state index contributed by atoms with van der Waals surface area (Å²) in [4.78, 5) is 18.0. The Balaban J connectivity index is 2.52. The lowest BCUT2D eigenvalue weighted by molar-refractivity contribution is 0.0819. The lowest BCUT2D eigenvalue weighted by atomic mass is 10.4. The summed E-state index contributed by atoms with van der Waals surface area (Å²) in [6.07, 6.45) is 0. The van der Waals surface area contributed by atoms with Crippen LogP contribution < -0.4 is 0 Å². The van der Waals surface area contributed by atoms with Crippen LogP contribution in [0.4, 0.5) is 0 Å². The number of amides is 1. The van der Waals surface area contributed by atoms with Gasteiger partial charge in [0, 0.05) is 7.05 Å². The van der Waals surface area contributed by atoms with Gasteiger partial charge in [0.25, 0.3) is 5.91 Å². The number of rotatable bonds is 0. The Morgan fingerprint density at radius 1 is 1.73 bits per heavy atom. The lowest BCUT2D eigenvalue weighted by Gasteiger charge is -2.04. The number of carbonyl (C=O) groups excluding carboxylic acids is 1. The Labute approximate surface area is 81.6 Å². The van der Waals surface area contributed by atoms with Crippen LogP contribution in [0.1, 0.15) is 15.4 Å². The maximum absolute atomic E-state index is 11.3. The monoisotopic (exact) mass is 280 g/mol. The van der Waals surface area contributed by atoms with Crippen LogP contribution in [0, 0.1) is 3.01 Å². The van der Waals surface area contributed by atoms with E-state index in [1.54, 1.807) is 11.9 Å². The fraction of sp³-hybridized carbons (Fsp3) is 0.333. The van der Waals surface area contributed by atoms with Crippen molar-refractivity contribution < 1.29 is 4.79 Å². The molecule has 1 aromatic rings. The van der Waals surface area contributed by atoms with Crippen LogP contribution in [-0.2, 0) is 6.54 Å². The number of nitrogens with zero attached hydrogens (tertiary/aromatic N) is 2. The number of halogens is 1. The Morgan fingerprint density at radius 2 is 2.45 bits per heavy atom. The third-order valence-corrected chi connectivity index (χ3v) is 3.38. The van der Waals surface area contributed by atoms with E-state index < -0.39 is 0 Å². The van der Waals surface area contributed by atoms with Gasteiger partial charge < -0.3 is 4.90 Å². The first kappa shape index (κ1) is 7.48. The van der Waals surface area contributed by atoms with Gasteiger partial charge in [-0.25, -0.2) is 4.98 Å². The third kappa shape index (κ3) is 1.06. The molecule has 0 N–H and O–H groups in total. The van der Waals surface area contributed by atoms with E-state index in [4.69, 9.17) is 0 Å². The summed E-state index contributed by atoms with van der Waals surface area (Å²) in [5.74, 6) is 0.111. The van der Waals surface area contributed by atoms with Gasteiger partial charge in [0.1, 0.15) is 4.88 Å². The average Bonchev–Trinajstić information content (AvgIpc) is 2.37. The predicted octanol–water partition coefficient (Wildman–Crippen LogP) is 1.33. The molecule has 1 amide bonds. The first-order chi connectivity index (χ1) is 5.18. The molecule has 2 heterocycles. The molecule has 0 aromatic carbocycles. The van der Waals surface area contributed by atoms with E-state index >= 15 is 0 Å². The molecule has 1 aliphatic heterocycles. The van der Waals surface area contributed by atoms with E-state index in [0.29, 0.717) is 6.54 Å². The van der Waals surface area contributed by atoms with Crippen molar-refractivity contribution in [1.82, 2.24) is 9.88 Å². The van der Waals surface area contributed by atoms with Crippen molar-refractivity contribution in [3.05, 3.63) is 13.6 Å². The highest BCUT2D eigenvalue weighted by Crippen LogP contribution is 2.27. The molecule has 1 aromatic heterocycles. The van der Waals surface area contributed by atoms with Crippen molar-refractivity contribution in [2.75, 3.05) is 7.05 Å². The Bertz CT molecular complexity index is 322. The summed E-state index contributed by atoms with van der Waals surface area (Å²) in [6, 6.07) is 0. The van der Waals surface area contributed by atoms with E-state index in [1.165, 1.54) is 11.3 Å². The van der Waals surface area contributed by atoms with Gasteiger partial charge in [0.15, 0.2) is 3.01 Å². The second-order valence-electron chi connectivity index (χ2n) is 2.40. The normalized spacial score (nSPS) is 15.8. The highest BCUT2D eigenvalue weighted by Gasteiger charge is 2.28. The lowest BCUT2D eigenvalue weighted by Crippen LogP contribution is -2.17. The summed E-state index contributed by atoms with van der Waals surface area (Å²) in [6.45, 7) is 0.674. The van der Waals surface area contributed by atoms with Crippen LogP contribution in [0.25, 0.3) is 0 Å². The highest BCUT2D eigenvalue weighted by molar-refractivity contribution is 14.1. The van der Waals surface area contributed by atoms with E-state index in [1.807, 2.05) is 0 Å². The Morgan fingerprint density at radius 3 is 3.09 bits per heavy atom. The van der Waals surface area contributed by atoms with Crippen LogP contribution >= 0.6 is 33.9 Å². The first-order valence-electron chi connectivity index (χ1n) is 3.09. The smallest absolute Gasteiger partial charge is 0.266 e. The van der Waals surface area contributed by atoms with Crippen LogP contribution in [0.15, 0.2) is 0 Å². The van der Waals surface area contributed by atoms with Crippen LogP contribution in [0.3, 0.4) is 0 Å². The molecule has 0 bridgehead atoms. The standard InChI is InChI=1S/C6H5IN2OS/c1-9-2-3-4(5(9)10)11-6(7)8-3/h2H2,1H3. The molecule has 5 heteroatoms. The van der Waals surface area contributed by atoms with Gasteiger partial charge in [0.05, 0.1) is 12.2 Å². The number of thiazole rings is 1. The molecule has 0 fully saturated rings. The zero-order chi connectivity index (χ0) is 8.01. The van der Waals surface area contributed by atoms with Crippen molar-refractivity contribution in [3.63, 3.8) is 0 Å². The van der Waals surface area contributed by atoms with Crippen molar-refractivity contribution in [1.29, 1.82) is 0 Å². The minimum absolute atomic E-state index is 0.111. The topological polar surface area (TPSA) is 33.2 Å². The van der Waals surface area contributed by atoms with Crippen molar-refractivity contribution in [2.24, 2.45) is 0 Å². The molecular weight excluding hydrogens is 275 g/mol. The molecular formula is C6H5IN2OS. The zero-order valence-electron chi connectivity index (χ0n) is 5.80.